The molecule has 2 aromatic rings. The second-order valence-electron chi connectivity index (χ2n) is 6.53. The second-order valence-corrected chi connectivity index (χ2v) is 7.41. The van der Waals surface area contributed by atoms with Gasteiger partial charge >= 0.3 is 11.8 Å². The van der Waals surface area contributed by atoms with Crippen LogP contribution in [-0.4, -0.2) is 47.7 Å². The number of nitrogens with one attached hydrogen (secondary N) is 2. The first-order chi connectivity index (χ1) is 13.5. The molecule has 1 aliphatic rings. The van der Waals surface area contributed by atoms with Gasteiger partial charge in [-0.1, -0.05) is 6.07 Å². The fourth-order valence-electron chi connectivity index (χ4n) is 3.01. The summed E-state index contributed by atoms with van der Waals surface area (Å²) in [6.07, 6.45) is 5.92. The molecule has 1 aliphatic heterocycles. The lowest BCUT2D eigenvalue weighted by Crippen LogP contribution is -2.42. The Kier molecular flexibility index (Phi) is 6.80. The van der Waals surface area contributed by atoms with E-state index in [1.165, 1.54) is 0 Å². The average Bonchev–Trinajstić information content (AvgIpc) is 2.73. The van der Waals surface area contributed by atoms with Crippen molar-refractivity contribution in [2.45, 2.75) is 17.7 Å². The third-order valence-electron chi connectivity index (χ3n) is 4.59. The molecule has 0 radical (unpaired) electrons. The van der Waals surface area contributed by atoms with E-state index < -0.39 is 17.6 Å². The number of benzene rings is 1. The zero-order chi connectivity index (χ0) is 19.9. The van der Waals surface area contributed by atoms with Crippen molar-refractivity contribution in [2.75, 3.05) is 36.1 Å². The molecular weight excluding hydrogens is 381 g/mol. The maximum absolute atomic E-state index is 12.9. The standard InChI is InChI=1S/C19H22FN5O2S/c1-28-16-4-2-3-15(9-16)24-18(27)17(26)21-10-13-5-7-25(8-6-13)19-22-11-14(20)12-23-19/h2-4,9,11-13H,5-8,10H2,1H3,(H,21,26)(H,24,27). The molecule has 0 atom stereocenters. The average molecular weight is 403 g/mol. The number of halogens is 1. The molecule has 2 N–H and O–H groups in total. The molecule has 9 heteroatoms. The predicted molar refractivity (Wildman–Crippen MR) is 107 cm³/mol. The summed E-state index contributed by atoms with van der Waals surface area (Å²) in [4.78, 5) is 35.1. The lowest BCUT2D eigenvalue weighted by atomic mass is 9.97. The van der Waals surface area contributed by atoms with Gasteiger partial charge in [0.15, 0.2) is 5.82 Å². The molecule has 2 amide bonds. The van der Waals surface area contributed by atoms with Crippen LogP contribution in [0.2, 0.25) is 0 Å². The van der Waals surface area contributed by atoms with Crippen molar-refractivity contribution < 1.29 is 14.0 Å². The maximum atomic E-state index is 12.9. The molecule has 0 unspecified atom stereocenters. The third kappa shape index (κ3) is 5.41. The molecule has 1 fully saturated rings. The van der Waals surface area contributed by atoms with Crippen molar-refractivity contribution in [3.63, 3.8) is 0 Å². The molecule has 0 aliphatic carbocycles. The highest BCUT2D eigenvalue weighted by Crippen LogP contribution is 2.20. The van der Waals surface area contributed by atoms with E-state index in [0.29, 0.717) is 18.2 Å². The number of aromatic nitrogens is 2. The largest absolute Gasteiger partial charge is 0.348 e. The number of nitrogens with zero attached hydrogens (tertiary/aromatic N) is 3. The van der Waals surface area contributed by atoms with Crippen LogP contribution in [0.5, 0.6) is 0 Å². The molecule has 3 rings (SSSR count). The van der Waals surface area contributed by atoms with E-state index in [0.717, 1.165) is 43.2 Å². The molecule has 148 valence electrons. The van der Waals surface area contributed by atoms with Gasteiger partial charge in [-0.3, -0.25) is 9.59 Å². The van der Waals surface area contributed by atoms with Crippen LogP contribution in [0.15, 0.2) is 41.6 Å². The van der Waals surface area contributed by atoms with Crippen molar-refractivity contribution in [2.24, 2.45) is 5.92 Å². The van der Waals surface area contributed by atoms with Crippen LogP contribution in [0.25, 0.3) is 0 Å². The first-order valence-corrected chi connectivity index (χ1v) is 10.2. The highest BCUT2D eigenvalue weighted by atomic mass is 32.2. The monoisotopic (exact) mass is 403 g/mol. The molecule has 0 spiro atoms. The Balaban J connectivity index is 1.42. The maximum Gasteiger partial charge on any atom is 0.313 e. The molecule has 0 bridgehead atoms. The van der Waals surface area contributed by atoms with Crippen molar-refractivity contribution in [3.05, 3.63) is 42.5 Å². The number of rotatable bonds is 5. The quantitative estimate of drug-likeness (QED) is 0.589. The summed E-state index contributed by atoms with van der Waals surface area (Å²) in [7, 11) is 0. The van der Waals surface area contributed by atoms with E-state index in [9.17, 15) is 14.0 Å². The third-order valence-corrected chi connectivity index (χ3v) is 5.31. The van der Waals surface area contributed by atoms with Gasteiger partial charge in [-0.05, 0) is 43.2 Å². The van der Waals surface area contributed by atoms with Gasteiger partial charge in [0.25, 0.3) is 0 Å². The Hall–Kier alpha value is -2.68. The van der Waals surface area contributed by atoms with Gasteiger partial charge in [-0.15, -0.1) is 11.8 Å². The van der Waals surface area contributed by atoms with Crippen LogP contribution in [0.1, 0.15) is 12.8 Å². The van der Waals surface area contributed by atoms with E-state index in [4.69, 9.17) is 0 Å². The van der Waals surface area contributed by atoms with Crippen molar-refractivity contribution in [3.8, 4) is 0 Å². The van der Waals surface area contributed by atoms with Crippen molar-refractivity contribution in [1.29, 1.82) is 0 Å². The van der Waals surface area contributed by atoms with E-state index in [1.807, 2.05) is 29.4 Å². The Morgan fingerprint density at radius 2 is 1.93 bits per heavy atom. The molecule has 2 heterocycles. The molecule has 7 nitrogen and oxygen atoms in total. The van der Waals surface area contributed by atoms with Crippen LogP contribution >= 0.6 is 11.8 Å². The van der Waals surface area contributed by atoms with E-state index in [1.54, 1.807) is 17.8 Å². The number of carbonyl (C=O) groups excluding carboxylic acids is 2. The van der Waals surface area contributed by atoms with Crippen LogP contribution in [0.3, 0.4) is 0 Å². The molecule has 0 saturated carbocycles. The zero-order valence-corrected chi connectivity index (χ0v) is 16.3. The zero-order valence-electron chi connectivity index (χ0n) is 15.5. The van der Waals surface area contributed by atoms with Crippen LogP contribution in [-0.2, 0) is 9.59 Å². The van der Waals surface area contributed by atoms with Gasteiger partial charge in [-0.25, -0.2) is 14.4 Å². The van der Waals surface area contributed by atoms with E-state index >= 15 is 0 Å². The predicted octanol–water partition coefficient (Wildman–Crippen LogP) is 2.31. The number of hydrogen-bond acceptors (Lipinski definition) is 6. The minimum absolute atomic E-state index is 0.272. The smallest absolute Gasteiger partial charge is 0.313 e. The Bertz CT molecular complexity index is 825. The minimum atomic E-state index is -0.671. The summed E-state index contributed by atoms with van der Waals surface area (Å²) < 4.78 is 12.9. The summed E-state index contributed by atoms with van der Waals surface area (Å²) in [5, 5.41) is 5.33. The van der Waals surface area contributed by atoms with Crippen molar-refractivity contribution >= 4 is 35.2 Å². The normalized spacial score (nSPS) is 14.6. The second kappa shape index (κ2) is 9.50. The topological polar surface area (TPSA) is 87.2 Å². The molecule has 1 saturated heterocycles. The first-order valence-electron chi connectivity index (χ1n) is 9.01. The lowest BCUT2D eigenvalue weighted by molar-refractivity contribution is -0.136. The summed E-state index contributed by atoms with van der Waals surface area (Å²) in [6.45, 7) is 1.88. The minimum Gasteiger partial charge on any atom is -0.348 e. The Labute approximate surface area is 167 Å². The highest BCUT2D eigenvalue weighted by molar-refractivity contribution is 7.98. The van der Waals surface area contributed by atoms with Crippen LogP contribution in [0.4, 0.5) is 16.0 Å². The van der Waals surface area contributed by atoms with Gasteiger partial charge in [-0.2, -0.15) is 0 Å². The summed E-state index contributed by atoms with van der Waals surface area (Å²) in [6, 6.07) is 7.34. The van der Waals surface area contributed by atoms with Gasteiger partial charge < -0.3 is 15.5 Å². The van der Waals surface area contributed by atoms with Gasteiger partial charge in [0.2, 0.25) is 5.95 Å². The summed E-state index contributed by atoms with van der Waals surface area (Å²) >= 11 is 1.56. The van der Waals surface area contributed by atoms with Crippen LogP contribution in [0, 0.1) is 11.7 Å². The number of piperidine rings is 1. The number of carbonyl (C=O) groups is 2. The Morgan fingerprint density at radius 3 is 2.61 bits per heavy atom. The first kappa shape index (κ1) is 20.1. The molecule has 28 heavy (non-hydrogen) atoms. The van der Waals surface area contributed by atoms with Crippen LogP contribution < -0.4 is 15.5 Å². The highest BCUT2D eigenvalue weighted by Gasteiger charge is 2.22. The van der Waals surface area contributed by atoms with E-state index in [2.05, 4.69) is 20.6 Å². The fraction of sp³-hybridized carbons (Fsp3) is 0.368. The van der Waals surface area contributed by atoms with Gasteiger partial charge in [0.05, 0.1) is 12.4 Å². The fourth-order valence-corrected chi connectivity index (χ4v) is 3.47. The summed E-state index contributed by atoms with van der Waals surface area (Å²) in [5.74, 6) is -0.988. The number of amides is 2. The number of anilines is 2. The molecular formula is C19H22FN5O2S. The number of thioether (sulfide) groups is 1. The molecule has 1 aromatic carbocycles. The van der Waals surface area contributed by atoms with E-state index in [-0.39, 0.29) is 5.92 Å². The molecule has 1 aromatic heterocycles. The van der Waals surface area contributed by atoms with Crippen molar-refractivity contribution in [1.82, 2.24) is 15.3 Å². The Morgan fingerprint density at radius 1 is 1.21 bits per heavy atom. The van der Waals surface area contributed by atoms with Gasteiger partial charge in [0, 0.05) is 30.2 Å². The summed E-state index contributed by atoms with van der Waals surface area (Å²) in [5.41, 5.74) is 0.597. The SMILES string of the molecule is CSc1cccc(NC(=O)C(=O)NCC2CCN(c3ncc(F)cn3)CC2)c1. The van der Waals surface area contributed by atoms with Gasteiger partial charge in [0.1, 0.15) is 0 Å². The lowest BCUT2D eigenvalue weighted by Gasteiger charge is -2.31. The number of hydrogen-bond donors (Lipinski definition) is 2.